The Morgan fingerprint density at radius 1 is 1.28 bits per heavy atom. The third-order valence-corrected chi connectivity index (χ3v) is 4.98. The van der Waals surface area contributed by atoms with Crippen LogP contribution in [-0.2, 0) is 24.2 Å². The van der Waals surface area contributed by atoms with E-state index in [0.717, 1.165) is 26.2 Å². The van der Waals surface area contributed by atoms with Gasteiger partial charge in [-0.25, -0.2) is 9.59 Å². The van der Waals surface area contributed by atoms with Crippen LogP contribution in [-0.4, -0.2) is 97.8 Å². The van der Waals surface area contributed by atoms with Gasteiger partial charge in [0.25, 0.3) is 0 Å². The van der Waals surface area contributed by atoms with Crippen molar-refractivity contribution >= 4 is 22.4 Å². The lowest BCUT2D eigenvalue weighted by atomic mass is 10.0. The molecule has 3 saturated heterocycles. The molecule has 0 aromatic carbocycles. The van der Waals surface area contributed by atoms with Gasteiger partial charge in [-0.15, -0.1) is 4.28 Å². The van der Waals surface area contributed by atoms with Crippen LogP contribution >= 0.6 is 0 Å². The van der Waals surface area contributed by atoms with E-state index in [1.165, 1.54) is 4.90 Å². The Bertz CT molecular complexity index is 622. The third kappa shape index (κ3) is 4.39. The molecule has 2 amide bonds. The number of ether oxygens (including phenoxy) is 1. The van der Waals surface area contributed by atoms with Crippen LogP contribution in [0.2, 0.25) is 0 Å². The van der Waals surface area contributed by atoms with Crippen LogP contribution in [0.4, 0.5) is 4.79 Å². The topological polar surface area (TPSA) is 129 Å². The second-order valence-corrected chi connectivity index (χ2v) is 7.27. The summed E-state index contributed by atoms with van der Waals surface area (Å²) in [7, 11) is -4.79. The van der Waals surface area contributed by atoms with Crippen molar-refractivity contribution in [3.63, 3.8) is 0 Å². The number of hydroxylamine groups is 2. The van der Waals surface area contributed by atoms with E-state index in [1.54, 1.807) is 0 Å². The van der Waals surface area contributed by atoms with E-state index >= 15 is 0 Å². The van der Waals surface area contributed by atoms with E-state index in [-0.39, 0.29) is 13.2 Å². The van der Waals surface area contributed by atoms with Crippen LogP contribution in [0.3, 0.4) is 0 Å². The number of piperazine rings is 1. The number of carbonyl (C=O) groups excluding carboxylic acids is 2. The van der Waals surface area contributed by atoms with Crippen molar-refractivity contribution in [2.75, 3.05) is 45.9 Å². The first kappa shape index (κ1) is 18.3. The van der Waals surface area contributed by atoms with Gasteiger partial charge in [-0.1, -0.05) is 0 Å². The Labute approximate surface area is 145 Å². The average Bonchev–Trinajstić information content (AvgIpc) is 2.79. The summed E-state index contributed by atoms with van der Waals surface area (Å²) in [6.45, 7) is 4.64. The van der Waals surface area contributed by atoms with Gasteiger partial charge in [-0.05, 0) is 12.8 Å². The highest BCUT2D eigenvalue weighted by Crippen LogP contribution is 2.31. The number of nitrogens with zero attached hydrogens (tertiary/aromatic N) is 3. The zero-order valence-electron chi connectivity index (χ0n) is 13.7. The number of esters is 1. The molecule has 0 unspecified atom stereocenters. The maximum absolute atomic E-state index is 12.3. The molecule has 3 heterocycles. The molecule has 3 aliphatic heterocycles. The Morgan fingerprint density at radius 3 is 2.68 bits per heavy atom. The summed E-state index contributed by atoms with van der Waals surface area (Å²) in [4.78, 5) is 27.9. The van der Waals surface area contributed by atoms with Crippen molar-refractivity contribution in [2.24, 2.45) is 0 Å². The van der Waals surface area contributed by atoms with Crippen LogP contribution in [0, 0.1) is 0 Å². The molecule has 0 radical (unpaired) electrons. The van der Waals surface area contributed by atoms with Crippen LogP contribution in [0.5, 0.6) is 0 Å². The lowest BCUT2D eigenvalue weighted by Crippen LogP contribution is -2.47. The van der Waals surface area contributed by atoms with Gasteiger partial charge >= 0.3 is 22.4 Å². The van der Waals surface area contributed by atoms with Gasteiger partial charge in [-0.3, -0.25) is 9.45 Å². The van der Waals surface area contributed by atoms with Gasteiger partial charge in [-0.2, -0.15) is 13.5 Å². The predicted molar refractivity (Wildman–Crippen MR) is 83.7 cm³/mol. The molecule has 2 N–H and O–H groups in total. The van der Waals surface area contributed by atoms with Crippen molar-refractivity contribution < 1.29 is 31.6 Å². The molecule has 142 valence electrons. The van der Waals surface area contributed by atoms with Crippen LogP contribution in [0.1, 0.15) is 12.8 Å². The summed E-state index contributed by atoms with van der Waals surface area (Å²) < 4.78 is 40.1. The minimum atomic E-state index is -4.79. The number of rotatable bonds is 6. The fourth-order valence-corrected chi connectivity index (χ4v) is 3.77. The van der Waals surface area contributed by atoms with Crippen molar-refractivity contribution in [3.05, 3.63) is 0 Å². The number of hydrogen-bond donors (Lipinski definition) is 2. The molecule has 3 aliphatic rings. The maximum atomic E-state index is 12.3. The minimum absolute atomic E-state index is 0.159. The molecule has 3 fully saturated rings. The molecule has 2 bridgehead atoms. The van der Waals surface area contributed by atoms with Gasteiger partial charge in [0.15, 0.2) is 0 Å². The largest absolute Gasteiger partial charge is 0.463 e. The Kier molecular flexibility index (Phi) is 5.43. The molecular weight excluding hydrogens is 356 g/mol. The third-order valence-electron chi connectivity index (χ3n) is 4.63. The van der Waals surface area contributed by atoms with Crippen molar-refractivity contribution in [1.29, 1.82) is 0 Å². The first-order chi connectivity index (χ1) is 11.8. The number of urea groups is 1. The summed E-state index contributed by atoms with van der Waals surface area (Å²) in [5, 5.41) is 3.85. The summed E-state index contributed by atoms with van der Waals surface area (Å²) in [5.74, 6) is -0.504. The van der Waals surface area contributed by atoms with E-state index in [1.807, 2.05) is 0 Å². The standard InChI is InChI=1S/C13H22N4O7S/c18-12(23-8-7-15-5-3-14-4-6-15)11-2-1-10-9-16(11)13(19)17(10)24-25(20,21)22/h10-11,14H,1-9H2,(H,20,21,22)/t10-,11+/m1/s1. The quantitative estimate of drug-likeness (QED) is 0.416. The molecular formula is C13H22N4O7S. The average molecular weight is 378 g/mol. The van der Waals surface area contributed by atoms with Crippen molar-refractivity contribution in [1.82, 2.24) is 20.2 Å². The Morgan fingerprint density at radius 2 is 2.00 bits per heavy atom. The highest BCUT2D eigenvalue weighted by molar-refractivity contribution is 7.80. The second kappa shape index (κ2) is 7.41. The number of nitrogens with one attached hydrogen (secondary N) is 1. The minimum Gasteiger partial charge on any atom is -0.463 e. The van der Waals surface area contributed by atoms with E-state index < -0.39 is 34.5 Å². The fourth-order valence-electron chi connectivity index (χ4n) is 3.38. The van der Waals surface area contributed by atoms with Gasteiger partial charge in [0.05, 0.1) is 6.04 Å². The molecule has 0 saturated carbocycles. The van der Waals surface area contributed by atoms with E-state index in [9.17, 15) is 18.0 Å². The van der Waals surface area contributed by atoms with Crippen molar-refractivity contribution in [3.8, 4) is 0 Å². The number of amides is 2. The molecule has 3 rings (SSSR count). The van der Waals surface area contributed by atoms with Crippen LogP contribution in [0.25, 0.3) is 0 Å². The predicted octanol–water partition coefficient (Wildman–Crippen LogP) is -1.56. The number of piperidine rings is 1. The molecule has 2 atom stereocenters. The number of hydrogen-bond acceptors (Lipinski definition) is 8. The van der Waals surface area contributed by atoms with Gasteiger partial charge in [0, 0.05) is 39.3 Å². The molecule has 0 aliphatic carbocycles. The fraction of sp³-hybridized carbons (Fsp3) is 0.846. The van der Waals surface area contributed by atoms with E-state index in [4.69, 9.17) is 9.29 Å². The summed E-state index contributed by atoms with van der Waals surface area (Å²) >= 11 is 0. The zero-order chi connectivity index (χ0) is 18.0. The SMILES string of the molecule is O=C(OCCN1CCNCC1)[C@@H]1CC[C@@H]2CN1C(=O)N2OS(=O)(=O)O. The van der Waals surface area contributed by atoms with E-state index in [0.29, 0.717) is 24.4 Å². The monoisotopic (exact) mass is 378 g/mol. The Hall–Kier alpha value is -1.47. The summed E-state index contributed by atoms with van der Waals surface area (Å²) in [5.41, 5.74) is 0. The second-order valence-electron chi connectivity index (χ2n) is 6.27. The lowest BCUT2D eigenvalue weighted by molar-refractivity contribution is -0.150. The normalized spacial score (nSPS) is 27.6. The van der Waals surface area contributed by atoms with Crippen LogP contribution < -0.4 is 5.32 Å². The van der Waals surface area contributed by atoms with Crippen molar-refractivity contribution in [2.45, 2.75) is 24.9 Å². The van der Waals surface area contributed by atoms with Crippen LogP contribution in [0.15, 0.2) is 0 Å². The highest BCUT2D eigenvalue weighted by Gasteiger charge is 2.49. The first-order valence-corrected chi connectivity index (χ1v) is 9.58. The summed E-state index contributed by atoms with van der Waals surface area (Å²) in [6, 6.07) is -2.04. The zero-order valence-corrected chi connectivity index (χ0v) is 14.5. The summed E-state index contributed by atoms with van der Waals surface area (Å²) in [6.07, 6.45) is 0.740. The molecule has 11 nitrogen and oxygen atoms in total. The molecule has 0 aromatic rings. The van der Waals surface area contributed by atoms with Gasteiger partial charge < -0.3 is 15.0 Å². The number of fused-ring (bicyclic) bond motifs is 2. The Balaban J connectivity index is 1.51. The number of carbonyl (C=O) groups is 2. The molecule has 0 aromatic heterocycles. The highest BCUT2D eigenvalue weighted by atomic mass is 32.3. The van der Waals surface area contributed by atoms with E-state index in [2.05, 4.69) is 14.5 Å². The molecule has 25 heavy (non-hydrogen) atoms. The van der Waals surface area contributed by atoms with Gasteiger partial charge in [0.1, 0.15) is 12.6 Å². The lowest BCUT2D eigenvalue weighted by Gasteiger charge is -2.29. The smallest absolute Gasteiger partial charge is 0.418 e. The molecule has 0 spiro atoms. The molecule has 12 heteroatoms. The maximum Gasteiger partial charge on any atom is 0.418 e. The van der Waals surface area contributed by atoms with Gasteiger partial charge in [0.2, 0.25) is 0 Å². The first-order valence-electron chi connectivity index (χ1n) is 8.22.